The van der Waals surface area contributed by atoms with Gasteiger partial charge in [0.15, 0.2) is 0 Å². The topological polar surface area (TPSA) is 66.4 Å². The summed E-state index contributed by atoms with van der Waals surface area (Å²) >= 11 is 0. The van der Waals surface area contributed by atoms with Crippen molar-refractivity contribution in [1.29, 1.82) is 0 Å². The minimum atomic E-state index is -3.49. The number of aliphatic hydroxyl groups excluding tert-OH is 1. The first-order chi connectivity index (χ1) is 8.88. The molecule has 0 aliphatic carbocycles. The first-order valence-electron chi connectivity index (χ1n) is 6.64. The van der Waals surface area contributed by atoms with Crippen LogP contribution in [0.25, 0.3) is 0 Å². The fourth-order valence-electron chi connectivity index (χ4n) is 1.71. The van der Waals surface area contributed by atoms with Crippen LogP contribution in [0.1, 0.15) is 32.8 Å². The fraction of sp³-hybridized carbons (Fsp3) is 0.571. The number of sulfonamides is 1. The summed E-state index contributed by atoms with van der Waals surface area (Å²) in [5.41, 5.74) is 0.660. The van der Waals surface area contributed by atoms with Gasteiger partial charge in [0.1, 0.15) is 0 Å². The first kappa shape index (κ1) is 16.1. The molecule has 5 heteroatoms. The molecule has 0 radical (unpaired) electrons. The van der Waals surface area contributed by atoms with Gasteiger partial charge in [-0.2, -0.15) is 0 Å². The van der Waals surface area contributed by atoms with E-state index in [0.29, 0.717) is 18.5 Å². The normalized spacial score (nSPS) is 13.7. The van der Waals surface area contributed by atoms with E-state index in [-0.39, 0.29) is 10.8 Å². The lowest BCUT2D eigenvalue weighted by atomic mass is 9.99. The molecule has 0 saturated carbocycles. The summed E-state index contributed by atoms with van der Waals surface area (Å²) in [4.78, 5) is 0.267. The van der Waals surface area contributed by atoms with Gasteiger partial charge in [-0.1, -0.05) is 39.0 Å². The van der Waals surface area contributed by atoms with Gasteiger partial charge in [-0.3, -0.25) is 0 Å². The molecule has 0 saturated heterocycles. The molecule has 1 atom stereocenters. The van der Waals surface area contributed by atoms with E-state index in [2.05, 4.69) is 4.72 Å². The molecule has 1 unspecified atom stereocenters. The Morgan fingerprint density at radius 2 is 1.89 bits per heavy atom. The second kappa shape index (κ2) is 7.03. The number of hydrogen-bond acceptors (Lipinski definition) is 3. The molecule has 4 nitrogen and oxygen atoms in total. The van der Waals surface area contributed by atoms with Crippen LogP contribution in [0.4, 0.5) is 0 Å². The van der Waals surface area contributed by atoms with Crippen molar-refractivity contribution in [2.75, 3.05) is 6.54 Å². The highest BCUT2D eigenvalue weighted by Gasteiger charge is 2.20. The molecule has 1 rings (SSSR count). The Hall–Kier alpha value is -0.910. The van der Waals surface area contributed by atoms with Crippen molar-refractivity contribution in [3.8, 4) is 0 Å². The van der Waals surface area contributed by atoms with Crippen LogP contribution in [-0.4, -0.2) is 26.2 Å². The minimum Gasteiger partial charge on any atom is -0.393 e. The zero-order valence-electron chi connectivity index (χ0n) is 11.8. The Kier molecular flexibility index (Phi) is 5.97. The summed E-state index contributed by atoms with van der Waals surface area (Å²) in [6.45, 7) is 6.16. The molecule has 0 spiro atoms. The van der Waals surface area contributed by atoms with Crippen LogP contribution in [0, 0.1) is 5.92 Å². The zero-order chi connectivity index (χ0) is 14.5. The van der Waals surface area contributed by atoms with Crippen molar-refractivity contribution < 1.29 is 13.5 Å². The summed E-state index contributed by atoms with van der Waals surface area (Å²) in [6, 6.07) is 6.83. The van der Waals surface area contributed by atoms with Crippen molar-refractivity contribution in [2.45, 2.75) is 44.6 Å². The molecule has 2 N–H and O–H groups in total. The molecular weight excluding hydrogens is 262 g/mol. The molecule has 0 aliphatic heterocycles. The zero-order valence-corrected chi connectivity index (χ0v) is 12.6. The molecule has 0 amide bonds. The van der Waals surface area contributed by atoms with Crippen molar-refractivity contribution >= 4 is 10.0 Å². The predicted octanol–water partition coefficient (Wildman–Crippen LogP) is 1.93. The van der Waals surface area contributed by atoms with E-state index < -0.39 is 16.1 Å². The maximum absolute atomic E-state index is 12.2. The molecular formula is C14H23NO3S. The van der Waals surface area contributed by atoms with Gasteiger partial charge in [0, 0.05) is 6.54 Å². The second-order valence-electron chi connectivity index (χ2n) is 5.02. The molecule has 108 valence electrons. The Morgan fingerprint density at radius 1 is 1.26 bits per heavy atom. The summed E-state index contributed by atoms with van der Waals surface area (Å²) in [7, 11) is -3.49. The summed E-state index contributed by atoms with van der Waals surface area (Å²) in [5, 5.41) is 9.93. The van der Waals surface area contributed by atoms with Gasteiger partial charge < -0.3 is 5.11 Å². The quantitative estimate of drug-likeness (QED) is 0.804. The molecule has 0 fully saturated rings. The largest absolute Gasteiger partial charge is 0.393 e. The lowest BCUT2D eigenvalue weighted by Gasteiger charge is -2.17. The average Bonchev–Trinajstić information content (AvgIpc) is 2.36. The summed E-state index contributed by atoms with van der Waals surface area (Å²) in [5.74, 6) is 0.0966. The third-order valence-electron chi connectivity index (χ3n) is 3.00. The SMILES string of the molecule is CCCNS(=O)(=O)c1ccccc1CC(O)C(C)C. The standard InChI is InChI=1S/C14H23NO3S/c1-4-9-15-19(17,18)14-8-6-5-7-12(14)10-13(16)11(2)3/h5-8,11,13,15-16H,4,9-10H2,1-3H3. The Labute approximate surface area is 115 Å². The van der Waals surface area contributed by atoms with E-state index in [4.69, 9.17) is 0 Å². The molecule has 0 aromatic heterocycles. The maximum atomic E-state index is 12.2. The predicted molar refractivity (Wildman–Crippen MR) is 76.5 cm³/mol. The first-order valence-corrected chi connectivity index (χ1v) is 8.12. The number of rotatable bonds is 7. The number of nitrogens with one attached hydrogen (secondary N) is 1. The van der Waals surface area contributed by atoms with Crippen LogP contribution in [0.3, 0.4) is 0 Å². The number of hydrogen-bond donors (Lipinski definition) is 2. The van der Waals surface area contributed by atoms with Gasteiger partial charge in [0.2, 0.25) is 10.0 Å². The highest BCUT2D eigenvalue weighted by atomic mass is 32.2. The number of benzene rings is 1. The van der Waals surface area contributed by atoms with Crippen molar-refractivity contribution in [3.63, 3.8) is 0 Å². The van der Waals surface area contributed by atoms with Gasteiger partial charge >= 0.3 is 0 Å². The lowest BCUT2D eigenvalue weighted by molar-refractivity contribution is 0.125. The molecule has 1 aromatic rings. The van der Waals surface area contributed by atoms with Crippen LogP contribution in [0.15, 0.2) is 29.2 Å². The molecule has 0 heterocycles. The Morgan fingerprint density at radius 3 is 2.47 bits per heavy atom. The van der Waals surface area contributed by atoms with E-state index in [1.54, 1.807) is 24.3 Å². The molecule has 0 aliphatic rings. The van der Waals surface area contributed by atoms with E-state index in [1.807, 2.05) is 20.8 Å². The second-order valence-corrected chi connectivity index (χ2v) is 6.76. The summed E-state index contributed by atoms with van der Waals surface area (Å²) < 4.78 is 26.9. The Balaban J connectivity index is 3.02. The fourth-order valence-corrected chi connectivity index (χ4v) is 3.09. The summed E-state index contributed by atoms with van der Waals surface area (Å²) in [6.07, 6.45) is 0.555. The monoisotopic (exact) mass is 285 g/mol. The lowest BCUT2D eigenvalue weighted by Crippen LogP contribution is -2.26. The minimum absolute atomic E-state index is 0.0966. The van der Waals surface area contributed by atoms with Crippen LogP contribution >= 0.6 is 0 Å². The van der Waals surface area contributed by atoms with E-state index in [0.717, 1.165) is 6.42 Å². The van der Waals surface area contributed by atoms with Gasteiger partial charge in [0.05, 0.1) is 11.0 Å². The highest BCUT2D eigenvalue weighted by molar-refractivity contribution is 7.89. The van der Waals surface area contributed by atoms with Crippen LogP contribution in [0.5, 0.6) is 0 Å². The molecule has 19 heavy (non-hydrogen) atoms. The third-order valence-corrected chi connectivity index (χ3v) is 4.56. The maximum Gasteiger partial charge on any atom is 0.240 e. The molecule has 1 aromatic carbocycles. The van der Waals surface area contributed by atoms with Gasteiger partial charge in [-0.25, -0.2) is 13.1 Å². The van der Waals surface area contributed by atoms with Gasteiger partial charge in [-0.15, -0.1) is 0 Å². The van der Waals surface area contributed by atoms with Crippen molar-refractivity contribution in [1.82, 2.24) is 4.72 Å². The average molecular weight is 285 g/mol. The van der Waals surface area contributed by atoms with E-state index in [9.17, 15) is 13.5 Å². The van der Waals surface area contributed by atoms with Crippen molar-refractivity contribution in [3.05, 3.63) is 29.8 Å². The van der Waals surface area contributed by atoms with Gasteiger partial charge in [0.25, 0.3) is 0 Å². The highest BCUT2D eigenvalue weighted by Crippen LogP contribution is 2.19. The smallest absolute Gasteiger partial charge is 0.240 e. The van der Waals surface area contributed by atoms with Gasteiger partial charge in [-0.05, 0) is 30.4 Å². The number of aliphatic hydroxyl groups is 1. The van der Waals surface area contributed by atoms with Crippen molar-refractivity contribution in [2.24, 2.45) is 5.92 Å². The van der Waals surface area contributed by atoms with E-state index >= 15 is 0 Å². The Bertz CT molecular complexity index is 497. The third kappa shape index (κ3) is 4.60. The molecule has 0 bridgehead atoms. The van der Waals surface area contributed by atoms with E-state index in [1.165, 1.54) is 0 Å². The van der Waals surface area contributed by atoms with Crippen LogP contribution in [-0.2, 0) is 16.4 Å². The van der Waals surface area contributed by atoms with Crippen LogP contribution < -0.4 is 4.72 Å². The van der Waals surface area contributed by atoms with Crippen LogP contribution in [0.2, 0.25) is 0 Å².